The second-order valence-electron chi connectivity index (χ2n) is 3.52. The molecule has 1 aromatic heterocycles. The minimum absolute atomic E-state index is 0.198. The third-order valence-corrected chi connectivity index (χ3v) is 3.33. The summed E-state index contributed by atoms with van der Waals surface area (Å²) < 4.78 is 5.61. The smallest absolute Gasteiger partial charge is 0.114 e. The van der Waals surface area contributed by atoms with Gasteiger partial charge in [0.1, 0.15) is 11.8 Å². The topological polar surface area (TPSA) is 34.1 Å². The fourth-order valence-electron chi connectivity index (χ4n) is 1.69. The van der Waals surface area contributed by atoms with Crippen LogP contribution >= 0.6 is 11.3 Å². The van der Waals surface area contributed by atoms with Gasteiger partial charge in [0.2, 0.25) is 0 Å². The molecule has 0 fully saturated rings. The Morgan fingerprint density at radius 3 is 3.07 bits per heavy atom. The van der Waals surface area contributed by atoms with E-state index in [1.54, 1.807) is 11.3 Å². The number of rotatable bonds is 4. The van der Waals surface area contributed by atoms with Crippen LogP contribution in [0.5, 0.6) is 0 Å². The molecule has 1 aliphatic rings. The van der Waals surface area contributed by atoms with Crippen molar-refractivity contribution in [1.29, 1.82) is 0 Å². The number of aromatic nitrogens is 1. The number of ether oxygens (including phenoxy) is 1. The third kappa shape index (κ3) is 2.38. The van der Waals surface area contributed by atoms with Crippen molar-refractivity contribution in [2.24, 2.45) is 0 Å². The minimum atomic E-state index is 0.198. The van der Waals surface area contributed by atoms with E-state index in [0.717, 1.165) is 30.3 Å². The van der Waals surface area contributed by atoms with Gasteiger partial charge in [-0.2, -0.15) is 0 Å². The van der Waals surface area contributed by atoms with Gasteiger partial charge in [0.25, 0.3) is 0 Å². The molecule has 0 saturated heterocycles. The third-order valence-electron chi connectivity index (χ3n) is 2.35. The molecule has 1 atom stereocenters. The van der Waals surface area contributed by atoms with Crippen LogP contribution in [0.25, 0.3) is 0 Å². The Morgan fingerprint density at radius 2 is 2.53 bits per heavy atom. The van der Waals surface area contributed by atoms with Crippen LogP contribution in [-0.4, -0.2) is 18.1 Å². The van der Waals surface area contributed by atoms with Crippen LogP contribution < -0.4 is 5.32 Å². The lowest BCUT2D eigenvalue weighted by molar-refractivity contribution is 0.217. The highest BCUT2D eigenvalue weighted by Crippen LogP contribution is 2.29. The first kappa shape index (κ1) is 10.6. The average molecular weight is 224 g/mol. The van der Waals surface area contributed by atoms with Crippen molar-refractivity contribution in [2.75, 3.05) is 13.2 Å². The molecule has 0 bridgehead atoms. The average Bonchev–Trinajstić information content (AvgIpc) is 2.85. The predicted octanol–water partition coefficient (Wildman–Crippen LogP) is 2.41. The largest absolute Gasteiger partial charge is 0.496 e. The molecule has 1 N–H and O–H groups in total. The van der Waals surface area contributed by atoms with E-state index >= 15 is 0 Å². The Kier molecular flexibility index (Phi) is 3.38. The first-order chi connectivity index (χ1) is 7.31. The number of hydrogen-bond donors (Lipinski definition) is 1. The van der Waals surface area contributed by atoms with Gasteiger partial charge in [0.05, 0.1) is 11.6 Å². The molecule has 15 heavy (non-hydrogen) atoms. The van der Waals surface area contributed by atoms with Gasteiger partial charge < -0.3 is 10.1 Å². The molecule has 1 aromatic rings. The Bertz CT molecular complexity index is 359. The number of thiazole rings is 1. The molecule has 4 heteroatoms. The molecular formula is C11H16N2OS. The van der Waals surface area contributed by atoms with Crippen LogP contribution in [0.4, 0.5) is 0 Å². The predicted molar refractivity (Wildman–Crippen MR) is 61.9 cm³/mol. The molecule has 0 aliphatic carbocycles. The maximum atomic E-state index is 5.61. The number of hydrogen-bond acceptors (Lipinski definition) is 4. The van der Waals surface area contributed by atoms with E-state index in [2.05, 4.69) is 23.3 Å². The fourth-order valence-corrected chi connectivity index (χ4v) is 2.56. The Morgan fingerprint density at radius 1 is 1.67 bits per heavy atom. The molecule has 0 spiro atoms. The van der Waals surface area contributed by atoms with Gasteiger partial charge in [-0.1, -0.05) is 6.92 Å². The standard InChI is InChI=1S/C11H16N2OS/c1-3-12-11(9-5-4-6-14-9)10-7-13-8(2)15-10/h5,7,11-12H,3-4,6H2,1-2H3. The summed E-state index contributed by atoms with van der Waals surface area (Å²) in [5, 5.41) is 4.53. The van der Waals surface area contributed by atoms with Gasteiger partial charge >= 0.3 is 0 Å². The quantitative estimate of drug-likeness (QED) is 0.852. The Labute approximate surface area is 94.2 Å². The zero-order chi connectivity index (χ0) is 10.7. The molecule has 1 unspecified atom stereocenters. The van der Waals surface area contributed by atoms with E-state index in [0.29, 0.717) is 0 Å². The van der Waals surface area contributed by atoms with Crippen LogP contribution in [0.3, 0.4) is 0 Å². The highest BCUT2D eigenvalue weighted by molar-refractivity contribution is 7.11. The summed E-state index contributed by atoms with van der Waals surface area (Å²) in [4.78, 5) is 5.53. The van der Waals surface area contributed by atoms with E-state index in [-0.39, 0.29) is 6.04 Å². The fraction of sp³-hybridized carbons (Fsp3) is 0.545. The maximum absolute atomic E-state index is 5.61. The zero-order valence-corrected chi connectivity index (χ0v) is 9.93. The highest BCUT2D eigenvalue weighted by Gasteiger charge is 2.21. The van der Waals surface area contributed by atoms with E-state index in [1.807, 2.05) is 13.1 Å². The van der Waals surface area contributed by atoms with E-state index in [4.69, 9.17) is 4.74 Å². The van der Waals surface area contributed by atoms with Crippen molar-refractivity contribution in [3.63, 3.8) is 0 Å². The van der Waals surface area contributed by atoms with Crippen LogP contribution in [0.15, 0.2) is 18.0 Å². The van der Waals surface area contributed by atoms with Gasteiger partial charge in [-0.05, 0) is 19.5 Å². The number of likely N-dealkylation sites (N-methyl/N-ethyl adjacent to an activating group) is 1. The van der Waals surface area contributed by atoms with E-state index < -0.39 is 0 Å². The zero-order valence-electron chi connectivity index (χ0n) is 9.12. The van der Waals surface area contributed by atoms with E-state index in [9.17, 15) is 0 Å². The second-order valence-corrected chi connectivity index (χ2v) is 4.78. The molecule has 82 valence electrons. The van der Waals surface area contributed by atoms with Crippen molar-refractivity contribution in [3.05, 3.63) is 27.9 Å². The van der Waals surface area contributed by atoms with Crippen LogP contribution in [0.1, 0.15) is 29.3 Å². The van der Waals surface area contributed by atoms with Crippen molar-refractivity contribution < 1.29 is 4.74 Å². The summed E-state index contributed by atoms with van der Waals surface area (Å²) in [5.74, 6) is 1.06. The lowest BCUT2D eigenvalue weighted by atomic mass is 10.2. The number of nitrogens with one attached hydrogen (secondary N) is 1. The van der Waals surface area contributed by atoms with Crippen LogP contribution in [0, 0.1) is 6.92 Å². The molecule has 0 aromatic carbocycles. The lowest BCUT2D eigenvalue weighted by Gasteiger charge is -2.16. The summed E-state index contributed by atoms with van der Waals surface area (Å²) in [6, 6.07) is 0.198. The maximum Gasteiger partial charge on any atom is 0.114 e. The van der Waals surface area contributed by atoms with E-state index in [1.165, 1.54) is 4.88 Å². The normalized spacial score (nSPS) is 17.3. The molecular weight excluding hydrogens is 208 g/mol. The van der Waals surface area contributed by atoms with Crippen molar-refractivity contribution in [1.82, 2.24) is 10.3 Å². The monoisotopic (exact) mass is 224 g/mol. The van der Waals surface area contributed by atoms with Crippen molar-refractivity contribution in [3.8, 4) is 0 Å². The van der Waals surface area contributed by atoms with Gasteiger partial charge in [0, 0.05) is 17.5 Å². The molecule has 0 saturated carbocycles. The summed E-state index contributed by atoms with van der Waals surface area (Å²) in [6.45, 7) is 5.88. The molecule has 0 radical (unpaired) electrons. The second kappa shape index (κ2) is 4.77. The van der Waals surface area contributed by atoms with Crippen molar-refractivity contribution in [2.45, 2.75) is 26.3 Å². The Balaban J connectivity index is 2.18. The van der Waals surface area contributed by atoms with Crippen LogP contribution in [0.2, 0.25) is 0 Å². The lowest BCUT2D eigenvalue weighted by Crippen LogP contribution is -2.22. The summed E-state index contributed by atoms with van der Waals surface area (Å²) in [5.41, 5.74) is 0. The molecule has 1 aliphatic heterocycles. The Hall–Kier alpha value is -0.870. The van der Waals surface area contributed by atoms with Crippen molar-refractivity contribution >= 4 is 11.3 Å². The first-order valence-electron chi connectivity index (χ1n) is 5.30. The molecule has 2 heterocycles. The SMILES string of the molecule is CCNC(C1=CCCO1)c1cnc(C)s1. The number of nitrogens with zero attached hydrogens (tertiary/aromatic N) is 1. The number of aryl methyl sites for hydroxylation is 1. The van der Waals surface area contributed by atoms with Gasteiger partial charge in [-0.25, -0.2) is 4.98 Å². The summed E-state index contributed by atoms with van der Waals surface area (Å²) in [6.07, 6.45) is 5.13. The minimum Gasteiger partial charge on any atom is -0.496 e. The van der Waals surface area contributed by atoms with Gasteiger partial charge in [-0.3, -0.25) is 0 Å². The van der Waals surface area contributed by atoms with Gasteiger partial charge in [0.15, 0.2) is 0 Å². The van der Waals surface area contributed by atoms with Gasteiger partial charge in [-0.15, -0.1) is 11.3 Å². The first-order valence-corrected chi connectivity index (χ1v) is 6.11. The summed E-state index contributed by atoms with van der Waals surface area (Å²) in [7, 11) is 0. The highest BCUT2D eigenvalue weighted by atomic mass is 32.1. The van der Waals surface area contributed by atoms with Crippen LogP contribution in [-0.2, 0) is 4.74 Å². The molecule has 0 amide bonds. The molecule has 2 rings (SSSR count). The summed E-state index contributed by atoms with van der Waals surface area (Å²) >= 11 is 1.73. The molecule has 3 nitrogen and oxygen atoms in total.